The fraction of sp³-hybridized carbons (Fsp3) is 0.278. The van der Waals surface area contributed by atoms with Crippen LogP contribution in [0, 0.1) is 5.82 Å². The molecular formula is C18H17BrFNOS. The van der Waals surface area contributed by atoms with E-state index in [1.807, 2.05) is 41.3 Å². The molecular weight excluding hydrogens is 377 g/mol. The second-order valence-corrected chi connectivity index (χ2v) is 7.61. The van der Waals surface area contributed by atoms with Gasteiger partial charge in [-0.25, -0.2) is 4.39 Å². The Labute approximate surface area is 148 Å². The average molecular weight is 394 g/mol. The highest BCUT2D eigenvalue weighted by molar-refractivity contribution is 9.10. The SMILES string of the molecule is O=C(c1ccccc1Br)N1CCSC(c2ccccc2F)CC1. The number of carbonyl (C=O) groups is 1. The number of rotatable bonds is 2. The van der Waals surface area contributed by atoms with E-state index in [2.05, 4.69) is 15.9 Å². The van der Waals surface area contributed by atoms with Crippen LogP contribution in [0.25, 0.3) is 0 Å². The van der Waals surface area contributed by atoms with E-state index in [1.165, 1.54) is 6.07 Å². The molecule has 1 amide bonds. The fourth-order valence-corrected chi connectivity index (χ4v) is 4.47. The van der Waals surface area contributed by atoms with Crippen LogP contribution in [0.3, 0.4) is 0 Å². The van der Waals surface area contributed by atoms with Crippen molar-refractivity contribution in [3.63, 3.8) is 0 Å². The molecule has 5 heteroatoms. The molecule has 0 aliphatic carbocycles. The van der Waals surface area contributed by atoms with E-state index >= 15 is 0 Å². The zero-order valence-corrected chi connectivity index (χ0v) is 14.9. The molecule has 3 rings (SSSR count). The zero-order chi connectivity index (χ0) is 16.2. The molecule has 1 unspecified atom stereocenters. The Bertz CT molecular complexity index is 709. The van der Waals surface area contributed by atoms with E-state index in [1.54, 1.807) is 17.8 Å². The molecule has 1 aliphatic rings. The van der Waals surface area contributed by atoms with Crippen molar-refractivity contribution < 1.29 is 9.18 Å². The van der Waals surface area contributed by atoms with Gasteiger partial charge in [-0.1, -0.05) is 30.3 Å². The number of benzene rings is 2. The van der Waals surface area contributed by atoms with Gasteiger partial charge in [-0.05, 0) is 40.5 Å². The van der Waals surface area contributed by atoms with Crippen LogP contribution in [0.1, 0.15) is 27.6 Å². The normalized spacial score (nSPS) is 18.5. The minimum absolute atomic E-state index is 0.0345. The molecule has 1 atom stereocenters. The molecule has 0 N–H and O–H groups in total. The van der Waals surface area contributed by atoms with Crippen LogP contribution < -0.4 is 0 Å². The largest absolute Gasteiger partial charge is 0.338 e. The first-order chi connectivity index (χ1) is 11.2. The predicted molar refractivity (Wildman–Crippen MR) is 96.3 cm³/mol. The molecule has 1 aliphatic heterocycles. The third-order valence-corrected chi connectivity index (χ3v) is 5.99. The number of hydrogen-bond acceptors (Lipinski definition) is 2. The number of nitrogens with zero attached hydrogens (tertiary/aromatic N) is 1. The maximum Gasteiger partial charge on any atom is 0.255 e. The van der Waals surface area contributed by atoms with Gasteiger partial charge in [0.15, 0.2) is 0 Å². The van der Waals surface area contributed by atoms with Crippen LogP contribution in [0.15, 0.2) is 53.0 Å². The minimum atomic E-state index is -0.157. The quantitative estimate of drug-likeness (QED) is 0.722. The van der Waals surface area contributed by atoms with Crippen LogP contribution in [-0.4, -0.2) is 29.6 Å². The summed E-state index contributed by atoms with van der Waals surface area (Å²) in [6, 6.07) is 14.4. The Morgan fingerprint density at radius 1 is 1.13 bits per heavy atom. The maximum absolute atomic E-state index is 14.0. The lowest BCUT2D eigenvalue weighted by Crippen LogP contribution is -2.33. The highest BCUT2D eigenvalue weighted by atomic mass is 79.9. The zero-order valence-electron chi connectivity index (χ0n) is 12.5. The smallest absolute Gasteiger partial charge is 0.255 e. The second kappa shape index (κ2) is 7.49. The molecule has 0 radical (unpaired) electrons. The number of carbonyl (C=O) groups excluding carboxylic acids is 1. The van der Waals surface area contributed by atoms with Gasteiger partial charge in [0.2, 0.25) is 0 Å². The molecule has 0 bridgehead atoms. The van der Waals surface area contributed by atoms with Crippen LogP contribution >= 0.6 is 27.7 Å². The maximum atomic E-state index is 14.0. The van der Waals surface area contributed by atoms with Crippen LogP contribution in [0.2, 0.25) is 0 Å². The van der Waals surface area contributed by atoms with Gasteiger partial charge in [0, 0.05) is 34.1 Å². The minimum Gasteiger partial charge on any atom is -0.338 e. The van der Waals surface area contributed by atoms with Gasteiger partial charge in [0.25, 0.3) is 5.91 Å². The van der Waals surface area contributed by atoms with Crippen molar-refractivity contribution in [1.82, 2.24) is 4.90 Å². The third-order valence-electron chi connectivity index (χ3n) is 3.99. The molecule has 1 saturated heterocycles. The Morgan fingerprint density at radius 2 is 1.87 bits per heavy atom. The molecule has 0 saturated carbocycles. The van der Waals surface area contributed by atoms with Crippen molar-refractivity contribution in [3.8, 4) is 0 Å². The van der Waals surface area contributed by atoms with Crippen molar-refractivity contribution >= 4 is 33.6 Å². The molecule has 23 heavy (non-hydrogen) atoms. The number of thioether (sulfide) groups is 1. The summed E-state index contributed by atoms with van der Waals surface area (Å²) >= 11 is 5.17. The Balaban J connectivity index is 1.73. The van der Waals surface area contributed by atoms with Gasteiger partial charge in [-0.15, -0.1) is 0 Å². The molecule has 0 spiro atoms. The summed E-state index contributed by atoms with van der Waals surface area (Å²) in [5, 5.41) is 0.105. The Morgan fingerprint density at radius 3 is 2.65 bits per heavy atom. The van der Waals surface area contributed by atoms with Crippen molar-refractivity contribution in [1.29, 1.82) is 0 Å². The molecule has 2 aromatic carbocycles. The number of amides is 1. The van der Waals surface area contributed by atoms with Gasteiger partial charge in [-0.3, -0.25) is 4.79 Å². The van der Waals surface area contributed by atoms with E-state index in [9.17, 15) is 9.18 Å². The van der Waals surface area contributed by atoms with Crippen molar-refractivity contribution in [2.45, 2.75) is 11.7 Å². The Hall–Kier alpha value is -1.33. The highest BCUT2D eigenvalue weighted by Gasteiger charge is 2.25. The van der Waals surface area contributed by atoms with Crippen molar-refractivity contribution in [3.05, 3.63) is 69.9 Å². The first-order valence-corrected chi connectivity index (χ1v) is 9.41. The number of halogens is 2. The summed E-state index contributed by atoms with van der Waals surface area (Å²) in [6.45, 7) is 1.34. The number of hydrogen-bond donors (Lipinski definition) is 0. The van der Waals surface area contributed by atoms with E-state index in [0.717, 1.165) is 22.2 Å². The monoisotopic (exact) mass is 393 g/mol. The summed E-state index contributed by atoms with van der Waals surface area (Å²) in [6.07, 6.45) is 0.766. The van der Waals surface area contributed by atoms with Crippen molar-refractivity contribution in [2.75, 3.05) is 18.8 Å². The van der Waals surface area contributed by atoms with E-state index < -0.39 is 0 Å². The highest BCUT2D eigenvalue weighted by Crippen LogP contribution is 2.36. The van der Waals surface area contributed by atoms with Gasteiger partial charge in [0.1, 0.15) is 5.82 Å². The molecule has 1 heterocycles. The lowest BCUT2D eigenvalue weighted by atomic mass is 10.1. The van der Waals surface area contributed by atoms with Gasteiger partial charge >= 0.3 is 0 Å². The van der Waals surface area contributed by atoms with Gasteiger partial charge in [-0.2, -0.15) is 11.8 Å². The van der Waals surface area contributed by atoms with E-state index in [-0.39, 0.29) is 17.0 Å². The Kier molecular flexibility index (Phi) is 5.38. The second-order valence-electron chi connectivity index (χ2n) is 5.44. The fourth-order valence-electron chi connectivity index (χ4n) is 2.76. The molecule has 2 nitrogen and oxygen atoms in total. The summed E-state index contributed by atoms with van der Waals surface area (Å²) in [7, 11) is 0. The molecule has 1 fully saturated rings. The summed E-state index contributed by atoms with van der Waals surface area (Å²) in [5.41, 5.74) is 1.43. The van der Waals surface area contributed by atoms with Gasteiger partial charge < -0.3 is 4.90 Å². The lowest BCUT2D eigenvalue weighted by molar-refractivity contribution is 0.0765. The standard InChI is InChI=1S/C18H17BrFNOS/c19-15-7-3-1-5-13(15)18(22)21-10-9-17(23-12-11-21)14-6-2-4-8-16(14)20/h1-8,17H,9-12H2. The van der Waals surface area contributed by atoms with Crippen LogP contribution in [-0.2, 0) is 0 Å². The average Bonchev–Trinajstić information content (AvgIpc) is 2.81. The van der Waals surface area contributed by atoms with E-state index in [4.69, 9.17) is 0 Å². The first kappa shape index (κ1) is 16.5. The lowest BCUT2D eigenvalue weighted by Gasteiger charge is -2.21. The van der Waals surface area contributed by atoms with Gasteiger partial charge in [0.05, 0.1) is 5.56 Å². The topological polar surface area (TPSA) is 20.3 Å². The molecule has 2 aromatic rings. The van der Waals surface area contributed by atoms with Crippen LogP contribution in [0.5, 0.6) is 0 Å². The molecule has 0 aromatic heterocycles. The molecule has 120 valence electrons. The summed E-state index contributed by atoms with van der Waals surface area (Å²) < 4.78 is 14.8. The van der Waals surface area contributed by atoms with E-state index in [0.29, 0.717) is 18.7 Å². The third kappa shape index (κ3) is 3.78. The first-order valence-electron chi connectivity index (χ1n) is 7.56. The summed E-state index contributed by atoms with van der Waals surface area (Å²) in [5.74, 6) is 0.692. The predicted octanol–water partition coefficient (Wildman–Crippen LogP) is 4.91. The van der Waals surface area contributed by atoms with Crippen LogP contribution in [0.4, 0.5) is 4.39 Å². The van der Waals surface area contributed by atoms with Crippen molar-refractivity contribution in [2.24, 2.45) is 0 Å². The summed E-state index contributed by atoms with van der Waals surface area (Å²) in [4.78, 5) is 14.6.